The molecule has 3 N–H and O–H groups in total. The summed E-state index contributed by atoms with van der Waals surface area (Å²) in [6.45, 7) is 18.4. The first kappa shape index (κ1) is 30.1. The molecule has 0 aliphatic carbocycles. The zero-order valence-electron chi connectivity index (χ0n) is 23.7. The van der Waals surface area contributed by atoms with E-state index in [4.69, 9.17) is 19.9 Å². The predicted octanol–water partition coefficient (Wildman–Crippen LogP) is 4.43. The first-order chi connectivity index (χ1) is 16.8. The minimum atomic E-state index is -0.888. The normalized spacial score (nSPS) is 20.6. The van der Waals surface area contributed by atoms with Crippen molar-refractivity contribution in [3.63, 3.8) is 0 Å². The number of nitrogens with zero attached hydrogens (tertiary/aromatic N) is 3. The fourth-order valence-electron chi connectivity index (χ4n) is 3.80. The number of hydrogen-bond donors (Lipinski definition) is 2. The monoisotopic (exact) mass is 521 g/mol. The molecule has 0 spiro atoms. The van der Waals surface area contributed by atoms with Crippen molar-refractivity contribution >= 4 is 29.7 Å². The van der Waals surface area contributed by atoms with Gasteiger partial charge in [0, 0.05) is 25.3 Å². The number of alkyl carbamates (subject to hydrolysis) is 1. The van der Waals surface area contributed by atoms with E-state index in [0.29, 0.717) is 18.8 Å². The summed E-state index contributed by atoms with van der Waals surface area (Å²) < 4.78 is 16.5. The number of anilines is 2. The van der Waals surface area contributed by atoms with Gasteiger partial charge in [-0.15, -0.1) is 0 Å². The van der Waals surface area contributed by atoms with Crippen LogP contribution in [0.5, 0.6) is 0 Å². The number of aromatic nitrogens is 1. The molecule has 0 aromatic carbocycles. The van der Waals surface area contributed by atoms with E-state index in [0.717, 1.165) is 4.90 Å². The van der Waals surface area contributed by atoms with Gasteiger partial charge in [0.25, 0.3) is 0 Å². The van der Waals surface area contributed by atoms with Crippen LogP contribution in [0.15, 0.2) is 18.5 Å². The Morgan fingerprint density at radius 3 is 1.95 bits per heavy atom. The van der Waals surface area contributed by atoms with E-state index in [-0.39, 0.29) is 17.6 Å². The number of hydrogen-bond acceptors (Lipinski definition) is 9. The molecule has 37 heavy (non-hydrogen) atoms. The van der Waals surface area contributed by atoms with Crippen LogP contribution in [-0.4, -0.2) is 65.2 Å². The Morgan fingerprint density at radius 2 is 1.46 bits per heavy atom. The molecule has 11 nitrogen and oxygen atoms in total. The maximum atomic E-state index is 13.2. The Bertz CT molecular complexity index is 951. The highest BCUT2D eigenvalue weighted by molar-refractivity contribution is 6.11. The van der Waals surface area contributed by atoms with Crippen molar-refractivity contribution < 1.29 is 28.6 Å². The van der Waals surface area contributed by atoms with Crippen LogP contribution in [0.1, 0.15) is 69.2 Å². The highest BCUT2D eigenvalue weighted by atomic mass is 16.6. The molecule has 11 heteroatoms. The minimum absolute atomic E-state index is 0.0359. The number of nitrogens with one attached hydrogen (secondary N) is 1. The van der Waals surface area contributed by atoms with Gasteiger partial charge in [0.1, 0.15) is 22.5 Å². The lowest BCUT2D eigenvalue weighted by Crippen LogP contribution is -2.62. The number of carbonyl (C=O) groups excluding carboxylic acids is 3. The van der Waals surface area contributed by atoms with E-state index in [1.807, 2.05) is 11.8 Å². The SMILES string of the molecule is CC1CN(c2ccncc2N(C(=O)OC(C)(C)C)C(=O)OC(C)(C)C)CC(NC(=O)OC(C)(C)C)C1N. The third-order valence-electron chi connectivity index (χ3n) is 5.26. The molecule has 2 rings (SSSR count). The van der Waals surface area contributed by atoms with Gasteiger partial charge < -0.3 is 30.2 Å². The number of ether oxygens (including phenoxy) is 3. The molecule has 0 saturated carbocycles. The highest BCUT2D eigenvalue weighted by Crippen LogP contribution is 2.34. The summed E-state index contributed by atoms with van der Waals surface area (Å²) in [6, 6.07) is 0.920. The quantitative estimate of drug-likeness (QED) is 0.553. The number of pyridine rings is 1. The number of nitrogens with two attached hydrogens (primary N) is 1. The lowest BCUT2D eigenvalue weighted by Gasteiger charge is -2.43. The fourth-order valence-corrected chi connectivity index (χ4v) is 3.80. The van der Waals surface area contributed by atoms with Crippen molar-refractivity contribution in [2.75, 3.05) is 22.9 Å². The van der Waals surface area contributed by atoms with Crippen molar-refractivity contribution in [2.45, 2.75) is 98.1 Å². The highest BCUT2D eigenvalue weighted by Gasteiger charge is 2.38. The molecule has 0 radical (unpaired) electrons. The molecule has 1 fully saturated rings. The van der Waals surface area contributed by atoms with E-state index < -0.39 is 41.1 Å². The van der Waals surface area contributed by atoms with Gasteiger partial charge in [-0.2, -0.15) is 4.90 Å². The van der Waals surface area contributed by atoms with Gasteiger partial charge in [0.2, 0.25) is 0 Å². The van der Waals surface area contributed by atoms with Crippen LogP contribution in [0.25, 0.3) is 0 Å². The Balaban J connectivity index is 2.45. The van der Waals surface area contributed by atoms with Crippen molar-refractivity contribution in [1.82, 2.24) is 10.3 Å². The van der Waals surface area contributed by atoms with Crippen LogP contribution in [0.2, 0.25) is 0 Å². The second kappa shape index (κ2) is 11.1. The number of imide groups is 1. The van der Waals surface area contributed by atoms with Crippen LogP contribution >= 0.6 is 0 Å². The van der Waals surface area contributed by atoms with E-state index in [1.165, 1.54) is 6.20 Å². The molecule has 2 heterocycles. The van der Waals surface area contributed by atoms with Crippen LogP contribution in [-0.2, 0) is 14.2 Å². The first-order valence-corrected chi connectivity index (χ1v) is 12.5. The average Bonchev–Trinajstić information content (AvgIpc) is 2.67. The largest absolute Gasteiger partial charge is 0.444 e. The molecular formula is C26H43N5O6. The van der Waals surface area contributed by atoms with E-state index in [2.05, 4.69) is 10.3 Å². The van der Waals surface area contributed by atoms with Crippen LogP contribution in [0.3, 0.4) is 0 Å². The molecule has 0 bridgehead atoms. The standard InChI is InChI=1S/C26H43N5O6/c1-16-14-30(15-17(20(16)27)29-21(32)35-24(2,3)4)18-11-12-28-13-19(18)31(22(33)36-25(5,6)7)23(34)37-26(8,9)10/h11-13,16-17,20H,14-15,27H2,1-10H3,(H,29,32). The summed E-state index contributed by atoms with van der Waals surface area (Å²) in [6.07, 6.45) is 0.638. The summed E-state index contributed by atoms with van der Waals surface area (Å²) in [7, 11) is 0. The summed E-state index contributed by atoms with van der Waals surface area (Å²) in [5.41, 5.74) is 4.82. The topological polar surface area (TPSA) is 136 Å². The summed E-state index contributed by atoms with van der Waals surface area (Å²) in [5, 5.41) is 2.87. The van der Waals surface area contributed by atoms with E-state index in [1.54, 1.807) is 74.6 Å². The maximum absolute atomic E-state index is 13.2. The molecule has 3 atom stereocenters. The Morgan fingerprint density at radius 1 is 0.946 bits per heavy atom. The lowest BCUT2D eigenvalue weighted by molar-refractivity contribution is 0.0427. The van der Waals surface area contributed by atoms with Gasteiger partial charge in [-0.3, -0.25) is 4.98 Å². The molecule has 1 aliphatic rings. The summed E-state index contributed by atoms with van der Waals surface area (Å²) >= 11 is 0. The van der Waals surface area contributed by atoms with Gasteiger partial charge >= 0.3 is 18.3 Å². The molecular weight excluding hydrogens is 478 g/mol. The van der Waals surface area contributed by atoms with Crippen molar-refractivity contribution in [3.05, 3.63) is 18.5 Å². The smallest absolute Gasteiger partial charge is 0.424 e. The number of piperidine rings is 1. The average molecular weight is 522 g/mol. The molecule has 1 aromatic heterocycles. The second-order valence-corrected chi connectivity index (χ2v) is 12.4. The first-order valence-electron chi connectivity index (χ1n) is 12.5. The zero-order valence-corrected chi connectivity index (χ0v) is 23.7. The van der Waals surface area contributed by atoms with E-state index in [9.17, 15) is 14.4 Å². The van der Waals surface area contributed by atoms with Gasteiger partial charge in [0.15, 0.2) is 0 Å². The summed E-state index contributed by atoms with van der Waals surface area (Å²) in [5.74, 6) is -0.0359. The summed E-state index contributed by atoms with van der Waals surface area (Å²) in [4.78, 5) is 46.0. The fraction of sp³-hybridized carbons (Fsp3) is 0.692. The Labute approximate surface area is 220 Å². The van der Waals surface area contributed by atoms with Crippen LogP contribution in [0, 0.1) is 5.92 Å². The second-order valence-electron chi connectivity index (χ2n) is 12.4. The van der Waals surface area contributed by atoms with Gasteiger partial charge in [-0.25, -0.2) is 14.4 Å². The number of amides is 3. The zero-order chi connectivity index (χ0) is 28.3. The Kier molecular flexibility index (Phi) is 9.06. The molecule has 208 valence electrons. The van der Waals surface area contributed by atoms with Crippen molar-refractivity contribution in [1.29, 1.82) is 0 Å². The third-order valence-corrected chi connectivity index (χ3v) is 5.26. The lowest BCUT2D eigenvalue weighted by atomic mass is 9.90. The number of rotatable bonds is 3. The predicted molar refractivity (Wildman–Crippen MR) is 142 cm³/mol. The van der Waals surface area contributed by atoms with Crippen molar-refractivity contribution in [3.8, 4) is 0 Å². The molecule has 1 saturated heterocycles. The van der Waals surface area contributed by atoms with Gasteiger partial charge in [0.05, 0.1) is 17.9 Å². The van der Waals surface area contributed by atoms with Gasteiger partial charge in [-0.1, -0.05) is 6.92 Å². The van der Waals surface area contributed by atoms with Gasteiger partial charge in [-0.05, 0) is 74.3 Å². The molecule has 1 aromatic rings. The Hall–Kier alpha value is -3.08. The number of carbonyl (C=O) groups is 3. The maximum Gasteiger partial charge on any atom is 0.424 e. The third kappa shape index (κ3) is 9.07. The molecule has 3 unspecified atom stereocenters. The minimum Gasteiger partial charge on any atom is -0.444 e. The van der Waals surface area contributed by atoms with Crippen molar-refractivity contribution in [2.24, 2.45) is 11.7 Å². The van der Waals surface area contributed by atoms with Crippen LogP contribution in [0.4, 0.5) is 25.8 Å². The molecule has 3 amide bonds. The molecule has 1 aliphatic heterocycles. The van der Waals surface area contributed by atoms with E-state index >= 15 is 0 Å². The van der Waals surface area contributed by atoms with Crippen LogP contribution < -0.4 is 20.9 Å².